The van der Waals surface area contributed by atoms with Crippen molar-refractivity contribution in [3.8, 4) is 5.75 Å². The van der Waals surface area contributed by atoms with Crippen LogP contribution in [0, 0.1) is 6.92 Å². The van der Waals surface area contributed by atoms with Gasteiger partial charge in [-0.3, -0.25) is 0 Å². The molecule has 1 atom stereocenters. The Balaban J connectivity index is 1.59. The van der Waals surface area contributed by atoms with Gasteiger partial charge in [0.1, 0.15) is 24.8 Å². The van der Waals surface area contributed by atoms with Crippen molar-refractivity contribution in [1.29, 1.82) is 0 Å². The van der Waals surface area contributed by atoms with Gasteiger partial charge in [-0.15, -0.1) is 10.2 Å². The maximum absolute atomic E-state index is 10.2. The number of fused-ring (bicyclic) bond motifs is 1. The summed E-state index contributed by atoms with van der Waals surface area (Å²) in [7, 11) is 0. The molecule has 1 aromatic carbocycles. The van der Waals surface area contributed by atoms with Crippen molar-refractivity contribution in [3.63, 3.8) is 0 Å². The topological polar surface area (TPSA) is 84.6 Å². The molecule has 0 saturated carbocycles. The molecular formula is C17H20ClN5O2. The van der Waals surface area contributed by atoms with E-state index in [9.17, 15) is 5.11 Å². The van der Waals surface area contributed by atoms with Crippen LogP contribution in [0.5, 0.6) is 5.75 Å². The van der Waals surface area contributed by atoms with Crippen molar-refractivity contribution in [2.75, 3.05) is 18.5 Å². The van der Waals surface area contributed by atoms with Gasteiger partial charge in [-0.2, -0.15) is 9.61 Å². The lowest BCUT2D eigenvalue weighted by Crippen LogP contribution is -2.26. The molecule has 0 radical (unpaired) electrons. The zero-order valence-electron chi connectivity index (χ0n) is 14.1. The predicted octanol–water partition coefficient (Wildman–Crippen LogP) is 2.50. The third-order valence-corrected chi connectivity index (χ3v) is 4.20. The zero-order valence-corrected chi connectivity index (χ0v) is 14.9. The summed E-state index contributed by atoms with van der Waals surface area (Å²) in [5, 5.41) is 26.4. The normalized spacial score (nSPS) is 12.3. The molecule has 3 rings (SSSR count). The molecule has 0 amide bonds. The number of benzene rings is 1. The van der Waals surface area contributed by atoms with Crippen molar-refractivity contribution in [2.45, 2.75) is 26.4 Å². The van der Waals surface area contributed by atoms with Crippen molar-refractivity contribution in [3.05, 3.63) is 46.9 Å². The molecule has 0 aliphatic rings. The number of aryl methyl sites for hydroxylation is 2. The van der Waals surface area contributed by atoms with Crippen LogP contribution in [-0.4, -0.2) is 44.2 Å². The van der Waals surface area contributed by atoms with Gasteiger partial charge in [-0.1, -0.05) is 18.5 Å². The van der Waals surface area contributed by atoms with Crippen molar-refractivity contribution >= 4 is 22.9 Å². The van der Waals surface area contributed by atoms with Crippen molar-refractivity contribution < 1.29 is 9.84 Å². The Bertz CT molecular complexity index is 867. The van der Waals surface area contributed by atoms with Crippen LogP contribution in [0.25, 0.3) is 5.65 Å². The second kappa shape index (κ2) is 7.67. The smallest absolute Gasteiger partial charge is 0.200 e. The molecule has 2 aromatic heterocycles. The van der Waals surface area contributed by atoms with E-state index in [1.807, 2.05) is 26.0 Å². The van der Waals surface area contributed by atoms with Gasteiger partial charge in [-0.25, -0.2) is 0 Å². The Morgan fingerprint density at radius 2 is 2.20 bits per heavy atom. The molecule has 7 nitrogen and oxygen atoms in total. The number of nitrogens with one attached hydrogen (secondary N) is 1. The highest BCUT2D eigenvalue weighted by atomic mass is 35.5. The molecular weight excluding hydrogens is 342 g/mol. The van der Waals surface area contributed by atoms with Gasteiger partial charge in [0.2, 0.25) is 5.65 Å². The fourth-order valence-electron chi connectivity index (χ4n) is 2.37. The number of aliphatic hydroxyl groups excluding tert-OH is 1. The van der Waals surface area contributed by atoms with E-state index in [0.29, 0.717) is 23.0 Å². The summed E-state index contributed by atoms with van der Waals surface area (Å²) >= 11 is 5.99. The number of halogens is 1. The van der Waals surface area contributed by atoms with E-state index in [0.717, 1.165) is 23.4 Å². The van der Waals surface area contributed by atoms with E-state index in [4.69, 9.17) is 16.3 Å². The average Bonchev–Trinajstić information content (AvgIpc) is 3.09. The van der Waals surface area contributed by atoms with E-state index in [1.165, 1.54) is 0 Å². The van der Waals surface area contributed by atoms with Crippen LogP contribution in [0.3, 0.4) is 0 Å². The summed E-state index contributed by atoms with van der Waals surface area (Å²) < 4.78 is 7.24. The quantitative estimate of drug-likeness (QED) is 0.672. The largest absolute Gasteiger partial charge is 0.491 e. The Morgan fingerprint density at radius 3 is 2.96 bits per heavy atom. The highest BCUT2D eigenvalue weighted by Crippen LogP contribution is 2.21. The minimum atomic E-state index is -0.683. The molecule has 8 heteroatoms. The Kier molecular flexibility index (Phi) is 5.35. The Labute approximate surface area is 150 Å². The first-order valence-corrected chi connectivity index (χ1v) is 8.45. The van der Waals surface area contributed by atoms with Crippen LogP contribution in [0.1, 0.15) is 18.2 Å². The summed E-state index contributed by atoms with van der Waals surface area (Å²) in [5.74, 6) is 0.679. The first-order chi connectivity index (χ1) is 12.1. The van der Waals surface area contributed by atoms with E-state index in [-0.39, 0.29) is 6.61 Å². The summed E-state index contributed by atoms with van der Waals surface area (Å²) in [5.41, 5.74) is 3.26. The molecule has 2 heterocycles. The molecule has 132 valence electrons. The van der Waals surface area contributed by atoms with Gasteiger partial charge in [-0.05, 0) is 43.2 Å². The monoisotopic (exact) mass is 361 g/mol. The lowest BCUT2D eigenvalue weighted by molar-refractivity contribution is 0.117. The Morgan fingerprint density at radius 1 is 1.36 bits per heavy atom. The minimum absolute atomic E-state index is 0.169. The van der Waals surface area contributed by atoms with Crippen LogP contribution >= 0.6 is 11.6 Å². The van der Waals surface area contributed by atoms with E-state index in [1.54, 1.807) is 23.0 Å². The summed E-state index contributed by atoms with van der Waals surface area (Å²) in [6, 6.07) is 7.33. The molecule has 0 bridgehead atoms. The van der Waals surface area contributed by atoms with E-state index < -0.39 is 6.10 Å². The van der Waals surface area contributed by atoms with Gasteiger partial charge in [0.15, 0.2) is 0 Å². The molecule has 1 unspecified atom stereocenters. The lowest BCUT2D eigenvalue weighted by Gasteiger charge is -2.15. The standard InChI is InChI=1S/C17H20ClN5O2/c1-3-12-7-16(17-21-20-10-23(17)22-12)19-8-13(24)9-25-14-4-5-15(18)11(2)6-14/h4-7,10,13,19,24H,3,8-9H2,1-2H3. The number of rotatable bonds is 7. The van der Waals surface area contributed by atoms with Crippen LogP contribution in [0.15, 0.2) is 30.6 Å². The van der Waals surface area contributed by atoms with Crippen LogP contribution in [0.2, 0.25) is 5.02 Å². The lowest BCUT2D eigenvalue weighted by atomic mass is 10.2. The third kappa shape index (κ3) is 4.18. The second-order valence-electron chi connectivity index (χ2n) is 5.76. The number of hydrogen-bond donors (Lipinski definition) is 2. The van der Waals surface area contributed by atoms with Crippen molar-refractivity contribution in [1.82, 2.24) is 19.8 Å². The molecule has 0 aliphatic heterocycles. The number of ether oxygens (including phenoxy) is 1. The van der Waals surface area contributed by atoms with Gasteiger partial charge in [0.25, 0.3) is 0 Å². The van der Waals surface area contributed by atoms with E-state index >= 15 is 0 Å². The van der Waals surface area contributed by atoms with Crippen LogP contribution in [0.4, 0.5) is 5.69 Å². The summed E-state index contributed by atoms with van der Waals surface area (Å²) in [6.45, 7) is 4.43. The average molecular weight is 362 g/mol. The third-order valence-electron chi connectivity index (χ3n) is 3.78. The number of hydrogen-bond acceptors (Lipinski definition) is 6. The van der Waals surface area contributed by atoms with Crippen LogP contribution < -0.4 is 10.1 Å². The fourth-order valence-corrected chi connectivity index (χ4v) is 2.49. The number of aromatic nitrogens is 4. The highest BCUT2D eigenvalue weighted by Gasteiger charge is 2.10. The van der Waals surface area contributed by atoms with Gasteiger partial charge >= 0.3 is 0 Å². The van der Waals surface area contributed by atoms with E-state index in [2.05, 4.69) is 20.6 Å². The van der Waals surface area contributed by atoms with Gasteiger partial charge in [0.05, 0.1) is 11.4 Å². The molecule has 0 aliphatic carbocycles. The molecule has 0 spiro atoms. The van der Waals surface area contributed by atoms with Crippen LogP contribution in [-0.2, 0) is 6.42 Å². The number of aliphatic hydroxyl groups is 1. The first kappa shape index (κ1) is 17.4. The second-order valence-corrected chi connectivity index (χ2v) is 6.17. The fraction of sp³-hybridized carbons (Fsp3) is 0.353. The first-order valence-electron chi connectivity index (χ1n) is 8.07. The number of nitrogens with zero attached hydrogens (tertiary/aromatic N) is 4. The highest BCUT2D eigenvalue weighted by molar-refractivity contribution is 6.31. The minimum Gasteiger partial charge on any atom is -0.491 e. The molecule has 3 aromatic rings. The molecule has 0 saturated heterocycles. The SMILES string of the molecule is CCc1cc(NCC(O)COc2ccc(Cl)c(C)c2)c2nncn2n1. The van der Waals surface area contributed by atoms with Gasteiger partial charge < -0.3 is 15.2 Å². The predicted molar refractivity (Wildman–Crippen MR) is 96.3 cm³/mol. The maximum atomic E-state index is 10.2. The summed E-state index contributed by atoms with van der Waals surface area (Å²) in [6.07, 6.45) is 1.67. The number of anilines is 1. The maximum Gasteiger partial charge on any atom is 0.200 e. The molecule has 0 fully saturated rings. The Hall–Kier alpha value is -2.38. The summed E-state index contributed by atoms with van der Waals surface area (Å²) in [4.78, 5) is 0. The van der Waals surface area contributed by atoms with Crippen molar-refractivity contribution in [2.24, 2.45) is 0 Å². The molecule has 2 N–H and O–H groups in total. The molecule has 25 heavy (non-hydrogen) atoms. The zero-order chi connectivity index (χ0) is 17.8. The van der Waals surface area contributed by atoms with Gasteiger partial charge in [0, 0.05) is 11.6 Å².